The van der Waals surface area contributed by atoms with Gasteiger partial charge in [0.25, 0.3) is 0 Å². The number of ketones is 1. The summed E-state index contributed by atoms with van der Waals surface area (Å²) >= 11 is 1.69. The van der Waals surface area contributed by atoms with Crippen molar-refractivity contribution in [3.8, 4) is 11.5 Å². The second-order valence-electron chi connectivity index (χ2n) is 9.27. The van der Waals surface area contributed by atoms with Crippen molar-refractivity contribution in [1.29, 1.82) is 0 Å². The molecule has 1 atom stereocenters. The van der Waals surface area contributed by atoms with Crippen molar-refractivity contribution in [3.63, 3.8) is 0 Å². The van der Waals surface area contributed by atoms with Crippen LogP contribution >= 0.6 is 11.8 Å². The number of benzene rings is 1. The van der Waals surface area contributed by atoms with E-state index >= 15 is 0 Å². The van der Waals surface area contributed by atoms with Gasteiger partial charge in [-0.05, 0) is 42.2 Å². The predicted molar refractivity (Wildman–Crippen MR) is 132 cm³/mol. The van der Waals surface area contributed by atoms with Crippen LogP contribution in [0.5, 0.6) is 11.5 Å². The first-order valence-corrected chi connectivity index (χ1v) is 12.6. The third-order valence-corrected chi connectivity index (χ3v) is 6.76. The Morgan fingerprint density at radius 2 is 1.94 bits per heavy atom. The minimum Gasteiger partial charge on any atom is -0.493 e. The number of nitrogens with one attached hydrogen (secondary N) is 1. The zero-order chi connectivity index (χ0) is 25.0. The Hall–Kier alpha value is -2.74. The van der Waals surface area contributed by atoms with Gasteiger partial charge in [0.1, 0.15) is 6.61 Å². The number of thioether (sulfide) groups is 1. The molecule has 1 N–H and O–H groups in total. The first-order chi connectivity index (χ1) is 16.1. The smallest absolute Gasteiger partial charge is 0.336 e. The van der Waals surface area contributed by atoms with E-state index in [0.717, 1.165) is 11.4 Å². The molecule has 1 heterocycles. The molecule has 2 aliphatic rings. The first kappa shape index (κ1) is 25.9. The van der Waals surface area contributed by atoms with E-state index in [1.54, 1.807) is 30.0 Å². The Kier molecular flexibility index (Phi) is 8.13. The molecule has 7 nitrogen and oxygen atoms in total. The van der Waals surface area contributed by atoms with Gasteiger partial charge >= 0.3 is 11.9 Å². The summed E-state index contributed by atoms with van der Waals surface area (Å²) in [5.41, 5.74) is 3.03. The molecule has 3 rings (SSSR count). The lowest BCUT2D eigenvalue weighted by Gasteiger charge is -2.39. The number of hydrogen-bond acceptors (Lipinski definition) is 8. The lowest BCUT2D eigenvalue weighted by Crippen LogP contribution is -2.38. The summed E-state index contributed by atoms with van der Waals surface area (Å²) in [6.45, 7) is 9.63. The van der Waals surface area contributed by atoms with Crippen LogP contribution in [0.15, 0.2) is 40.7 Å². The normalized spacial score (nSPS) is 19.4. The molecule has 0 radical (unpaired) electrons. The molecular weight excluding hydrogens is 454 g/mol. The van der Waals surface area contributed by atoms with Gasteiger partial charge in [-0.25, -0.2) is 4.79 Å². The summed E-state index contributed by atoms with van der Waals surface area (Å²) < 4.78 is 16.3. The maximum atomic E-state index is 13.4. The van der Waals surface area contributed by atoms with Crippen LogP contribution in [0.1, 0.15) is 58.9 Å². The van der Waals surface area contributed by atoms with Crippen LogP contribution in [-0.2, 0) is 19.1 Å². The molecule has 1 aromatic rings. The predicted octanol–water partition coefficient (Wildman–Crippen LogP) is 4.52. The molecular formula is C26H33NO6S. The molecule has 1 aliphatic carbocycles. The summed E-state index contributed by atoms with van der Waals surface area (Å²) in [6, 6.07) is 5.12. The van der Waals surface area contributed by atoms with Gasteiger partial charge in [-0.3, -0.25) is 9.59 Å². The molecule has 0 bridgehead atoms. The first-order valence-electron chi connectivity index (χ1n) is 11.4. The summed E-state index contributed by atoms with van der Waals surface area (Å²) in [5, 5.41) is 3.33. The number of dihydropyridines is 1. The lowest BCUT2D eigenvalue weighted by atomic mass is 9.68. The SMILES string of the molecule is CCSCCOC(=O)C1=C(C)NC2=C(C(=O)CC(C)(C)C2)[C@@H]1c1ccc(OC(C)=O)c(OC)c1. The fourth-order valence-electron chi connectivity index (χ4n) is 4.56. The van der Waals surface area contributed by atoms with Crippen molar-refractivity contribution in [2.75, 3.05) is 25.2 Å². The van der Waals surface area contributed by atoms with E-state index < -0.39 is 17.9 Å². The number of esters is 2. The Balaban J connectivity index is 2.09. The number of rotatable bonds is 8. The van der Waals surface area contributed by atoms with Crippen LogP contribution in [0, 0.1) is 5.41 Å². The zero-order valence-corrected chi connectivity index (χ0v) is 21.5. The summed E-state index contributed by atoms with van der Waals surface area (Å²) in [5.74, 6) is 0.766. The number of methoxy groups -OCH3 is 1. The highest BCUT2D eigenvalue weighted by molar-refractivity contribution is 7.99. The second-order valence-corrected chi connectivity index (χ2v) is 10.7. The van der Waals surface area contributed by atoms with Gasteiger partial charge in [0, 0.05) is 42.0 Å². The molecule has 8 heteroatoms. The maximum absolute atomic E-state index is 13.4. The molecule has 0 aromatic heterocycles. The van der Waals surface area contributed by atoms with Crippen molar-refractivity contribution in [1.82, 2.24) is 5.32 Å². The second kappa shape index (κ2) is 10.7. The molecule has 34 heavy (non-hydrogen) atoms. The van der Waals surface area contributed by atoms with Gasteiger partial charge < -0.3 is 19.5 Å². The molecule has 0 amide bonds. The van der Waals surface area contributed by atoms with Crippen molar-refractivity contribution in [2.24, 2.45) is 5.41 Å². The van der Waals surface area contributed by atoms with Crippen LogP contribution in [0.4, 0.5) is 0 Å². The van der Waals surface area contributed by atoms with Crippen LogP contribution in [0.2, 0.25) is 0 Å². The topological polar surface area (TPSA) is 90.9 Å². The quantitative estimate of drug-likeness (QED) is 0.325. The number of hydrogen-bond donors (Lipinski definition) is 1. The summed E-state index contributed by atoms with van der Waals surface area (Å²) in [7, 11) is 1.48. The number of Topliss-reactive ketones (excluding diaryl/α,β-unsaturated/α-hetero) is 1. The molecule has 0 saturated heterocycles. The fraction of sp³-hybridized carbons (Fsp3) is 0.500. The minimum absolute atomic E-state index is 0.00566. The standard InChI is InChI=1S/C26H33NO6S/c1-7-34-11-10-32-25(30)22-15(2)27-18-13-26(4,5)14-19(29)24(18)23(22)17-8-9-20(33-16(3)28)21(12-17)31-6/h8-9,12,23,27H,7,10-11,13-14H2,1-6H3/t23-/m1/s1. The molecule has 0 unspecified atom stereocenters. The van der Waals surface area contributed by atoms with Crippen LogP contribution < -0.4 is 14.8 Å². The van der Waals surface area contributed by atoms with E-state index in [1.807, 2.05) is 6.92 Å². The average molecular weight is 488 g/mol. The van der Waals surface area contributed by atoms with Crippen molar-refractivity contribution < 1.29 is 28.6 Å². The van der Waals surface area contributed by atoms with E-state index in [0.29, 0.717) is 53.4 Å². The Bertz CT molecular complexity index is 1060. The highest BCUT2D eigenvalue weighted by Crippen LogP contribution is 2.47. The van der Waals surface area contributed by atoms with Gasteiger partial charge in [-0.1, -0.05) is 26.8 Å². The Labute approximate surface area is 205 Å². The number of allylic oxidation sites excluding steroid dienone is 3. The lowest BCUT2D eigenvalue weighted by molar-refractivity contribution is -0.138. The number of carbonyl (C=O) groups excluding carboxylic acids is 3. The highest BCUT2D eigenvalue weighted by Gasteiger charge is 2.43. The van der Waals surface area contributed by atoms with E-state index in [-0.39, 0.29) is 16.9 Å². The van der Waals surface area contributed by atoms with E-state index in [9.17, 15) is 14.4 Å². The number of ether oxygens (including phenoxy) is 3. The van der Waals surface area contributed by atoms with Gasteiger partial charge in [-0.2, -0.15) is 11.8 Å². The third-order valence-electron chi connectivity index (χ3n) is 5.90. The maximum Gasteiger partial charge on any atom is 0.336 e. The highest BCUT2D eigenvalue weighted by atomic mass is 32.2. The molecule has 0 spiro atoms. The summed E-state index contributed by atoms with van der Waals surface area (Å²) in [6.07, 6.45) is 1.08. The molecule has 0 fully saturated rings. The Morgan fingerprint density at radius 3 is 2.59 bits per heavy atom. The van der Waals surface area contributed by atoms with E-state index in [4.69, 9.17) is 14.2 Å². The van der Waals surface area contributed by atoms with Crippen LogP contribution in [0.25, 0.3) is 0 Å². The average Bonchev–Trinajstić information content (AvgIpc) is 2.74. The van der Waals surface area contributed by atoms with Crippen LogP contribution in [0.3, 0.4) is 0 Å². The monoisotopic (exact) mass is 487 g/mol. The number of carbonyl (C=O) groups is 3. The van der Waals surface area contributed by atoms with E-state index in [2.05, 4.69) is 26.1 Å². The Morgan fingerprint density at radius 1 is 1.21 bits per heavy atom. The third kappa shape index (κ3) is 5.66. The summed E-state index contributed by atoms with van der Waals surface area (Å²) in [4.78, 5) is 38.1. The van der Waals surface area contributed by atoms with Gasteiger partial charge in [0.15, 0.2) is 17.3 Å². The van der Waals surface area contributed by atoms with Gasteiger partial charge in [0.05, 0.1) is 12.7 Å². The van der Waals surface area contributed by atoms with E-state index in [1.165, 1.54) is 14.0 Å². The largest absolute Gasteiger partial charge is 0.493 e. The molecule has 0 saturated carbocycles. The van der Waals surface area contributed by atoms with Gasteiger partial charge in [-0.15, -0.1) is 0 Å². The van der Waals surface area contributed by atoms with Gasteiger partial charge in [0.2, 0.25) is 0 Å². The van der Waals surface area contributed by atoms with Crippen LogP contribution in [-0.4, -0.2) is 42.9 Å². The molecule has 184 valence electrons. The van der Waals surface area contributed by atoms with Crippen molar-refractivity contribution in [2.45, 2.75) is 53.4 Å². The molecule has 1 aromatic carbocycles. The fourth-order valence-corrected chi connectivity index (χ4v) is 5.05. The minimum atomic E-state index is -0.605. The molecule has 1 aliphatic heterocycles. The zero-order valence-electron chi connectivity index (χ0n) is 20.7. The van der Waals surface area contributed by atoms with Crippen molar-refractivity contribution >= 4 is 29.5 Å². The van der Waals surface area contributed by atoms with Crippen molar-refractivity contribution in [3.05, 3.63) is 46.3 Å².